The van der Waals surface area contributed by atoms with Crippen LogP contribution in [-0.2, 0) is 13.0 Å². The number of hydrogen-bond donors (Lipinski definition) is 0. The molecule has 30 heavy (non-hydrogen) atoms. The van der Waals surface area contributed by atoms with Crippen molar-refractivity contribution in [3.8, 4) is 28.3 Å². The van der Waals surface area contributed by atoms with Crippen LogP contribution < -0.4 is 10.3 Å². The average molecular weight is 397 g/mol. The summed E-state index contributed by atoms with van der Waals surface area (Å²) in [6.07, 6.45) is 4.12. The molecule has 0 amide bonds. The number of methoxy groups -OCH3 is 1. The van der Waals surface area contributed by atoms with Crippen molar-refractivity contribution in [1.82, 2.24) is 14.5 Å². The Kier molecular flexibility index (Phi) is 5.70. The number of aryl methyl sites for hydroxylation is 2. The molecule has 0 unspecified atom stereocenters. The lowest BCUT2D eigenvalue weighted by Gasteiger charge is -2.17. The maximum absolute atomic E-state index is 13.7. The van der Waals surface area contributed by atoms with Crippen molar-refractivity contribution < 1.29 is 4.74 Å². The predicted octanol–water partition coefficient (Wildman–Crippen LogP) is 4.53. The first-order valence-corrected chi connectivity index (χ1v) is 9.88. The Morgan fingerprint density at radius 3 is 2.47 bits per heavy atom. The van der Waals surface area contributed by atoms with Gasteiger partial charge in [-0.1, -0.05) is 48.5 Å². The van der Waals surface area contributed by atoms with E-state index in [1.807, 2.05) is 61.5 Å². The molecule has 2 aromatic carbocycles. The van der Waals surface area contributed by atoms with Gasteiger partial charge in [0.1, 0.15) is 11.6 Å². The maximum Gasteiger partial charge on any atom is 0.261 e. The van der Waals surface area contributed by atoms with E-state index in [2.05, 4.69) is 17.1 Å². The van der Waals surface area contributed by atoms with Gasteiger partial charge in [-0.25, -0.2) is 4.98 Å². The Hall–Kier alpha value is -3.73. The van der Waals surface area contributed by atoms with E-state index >= 15 is 0 Å². The molecule has 0 saturated carbocycles. The van der Waals surface area contributed by atoms with Gasteiger partial charge in [0.25, 0.3) is 5.56 Å². The van der Waals surface area contributed by atoms with Crippen LogP contribution in [0.15, 0.2) is 83.9 Å². The molecule has 2 heterocycles. The Morgan fingerprint density at radius 2 is 1.73 bits per heavy atom. The molecule has 150 valence electrons. The van der Waals surface area contributed by atoms with Crippen LogP contribution in [0.25, 0.3) is 22.5 Å². The highest BCUT2D eigenvalue weighted by Gasteiger charge is 2.19. The van der Waals surface area contributed by atoms with Gasteiger partial charge in [0.05, 0.1) is 23.9 Å². The van der Waals surface area contributed by atoms with E-state index in [9.17, 15) is 4.79 Å². The highest BCUT2D eigenvalue weighted by atomic mass is 16.5. The zero-order chi connectivity index (χ0) is 20.9. The van der Waals surface area contributed by atoms with Crippen molar-refractivity contribution in [2.24, 2.45) is 0 Å². The molecule has 0 spiro atoms. The lowest BCUT2D eigenvalue weighted by atomic mass is 10.1. The van der Waals surface area contributed by atoms with E-state index in [0.29, 0.717) is 29.4 Å². The first-order valence-electron chi connectivity index (χ1n) is 9.88. The Labute approximate surface area is 175 Å². The molecular formula is C25H23N3O2. The van der Waals surface area contributed by atoms with Crippen LogP contribution in [0.3, 0.4) is 0 Å². The predicted molar refractivity (Wildman–Crippen MR) is 119 cm³/mol. The summed E-state index contributed by atoms with van der Waals surface area (Å²) >= 11 is 0. The van der Waals surface area contributed by atoms with Gasteiger partial charge in [0.2, 0.25) is 0 Å². The number of nitrogens with zero attached hydrogens (tertiary/aromatic N) is 3. The van der Waals surface area contributed by atoms with E-state index in [1.165, 1.54) is 5.56 Å². The fourth-order valence-corrected chi connectivity index (χ4v) is 3.63. The number of aromatic nitrogens is 3. The van der Waals surface area contributed by atoms with E-state index in [4.69, 9.17) is 9.72 Å². The van der Waals surface area contributed by atoms with Crippen LogP contribution in [0.5, 0.6) is 5.75 Å². The lowest BCUT2D eigenvalue weighted by Crippen LogP contribution is -2.27. The second kappa shape index (κ2) is 8.74. The van der Waals surface area contributed by atoms with Crippen LogP contribution >= 0.6 is 0 Å². The molecule has 0 bridgehead atoms. The fourth-order valence-electron chi connectivity index (χ4n) is 3.63. The molecule has 4 rings (SSSR count). The summed E-state index contributed by atoms with van der Waals surface area (Å²) in [4.78, 5) is 22.7. The van der Waals surface area contributed by atoms with Crippen molar-refractivity contribution >= 4 is 0 Å². The number of rotatable bonds is 6. The van der Waals surface area contributed by atoms with Crippen molar-refractivity contribution in [2.45, 2.75) is 19.9 Å². The first-order chi connectivity index (χ1) is 14.7. The van der Waals surface area contributed by atoms with Gasteiger partial charge in [0, 0.05) is 24.5 Å². The molecule has 0 saturated heterocycles. The second-order valence-electron chi connectivity index (χ2n) is 7.03. The molecule has 5 nitrogen and oxygen atoms in total. The Morgan fingerprint density at radius 1 is 0.967 bits per heavy atom. The van der Waals surface area contributed by atoms with E-state index in [0.717, 1.165) is 17.5 Å². The van der Waals surface area contributed by atoms with Crippen molar-refractivity contribution in [1.29, 1.82) is 0 Å². The fraction of sp³-hybridized carbons (Fsp3) is 0.160. The monoisotopic (exact) mass is 397 g/mol. The lowest BCUT2D eigenvalue weighted by molar-refractivity contribution is 0.415. The summed E-state index contributed by atoms with van der Waals surface area (Å²) in [5, 5.41) is 0. The second-order valence-corrected chi connectivity index (χ2v) is 7.03. The third-order valence-electron chi connectivity index (χ3n) is 5.12. The number of ether oxygens (including phenoxy) is 1. The van der Waals surface area contributed by atoms with Crippen LogP contribution in [-0.4, -0.2) is 21.6 Å². The Balaban J connectivity index is 1.90. The zero-order valence-electron chi connectivity index (χ0n) is 17.1. The van der Waals surface area contributed by atoms with E-state index in [-0.39, 0.29) is 5.56 Å². The molecule has 0 aliphatic heterocycles. The molecule has 0 atom stereocenters. The SMILES string of the molecule is COc1ccccc1-c1nc(C)c(-c2cccnc2)c(=O)n1CCc1ccccc1. The average Bonchev–Trinajstić information content (AvgIpc) is 2.79. The van der Waals surface area contributed by atoms with Crippen LogP contribution in [0.1, 0.15) is 11.3 Å². The van der Waals surface area contributed by atoms with E-state index in [1.54, 1.807) is 24.1 Å². The molecule has 0 aliphatic carbocycles. The van der Waals surface area contributed by atoms with Gasteiger partial charge in [-0.3, -0.25) is 14.3 Å². The highest BCUT2D eigenvalue weighted by molar-refractivity contribution is 5.69. The molecule has 0 N–H and O–H groups in total. The van der Waals surface area contributed by atoms with Crippen LogP contribution in [0.2, 0.25) is 0 Å². The first kappa shape index (κ1) is 19.6. The summed E-state index contributed by atoms with van der Waals surface area (Å²) in [7, 11) is 1.63. The molecule has 2 aromatic heterocycles. The summed E-state index contributed by atoms with van der Waals surface area (Å²) in [6, 6.07) is 21.5. The number of benzene rings is 2. The standard InChI is InChI=1S/C25H23N3O2/c1-18-23(20-11-8-15-26-17-20)25(29)28(16-14-19-9-4-3-5-10-19)24(27-18)21-12-6-7-13-22(21)30-2/h3-13,15,17H,14,16H2,1-2H3. The topological polar surface area (TPSA) is 57.0 Å². The van der Waals surface area contributed by atoms with Gasteiger partial charge in [0.15, 0.2) is 0 Å². The van der Waals surface area contributed by atoms with E-state index < -0.39 is 0 Å². The molecule has 0 aliphatic rings. The maximum atomic E-state index is 13.7. The van der Waals surface area contributed by atoms with Crippen LogP contribution in [0.4, 0.5) is 0 Å². The largest absolute Gasteiger partial charge is 0.496 e. The van der Waals surface area contributed by atoms with Crippen molar-refractivity contribution in [3.05, 3.63) is 101 Å². The highest BCUT2D eigenvalue weighted by Crippen LogP contribution is 2.29. The van der Waals surface area contributed by atoms with Gasteiger partial charge >= 0.3 is 0 Å². The normalized spacial score (nSPS) is 10.7. The zero-order valence-corrected chi connectivity index (χ0v) is 17.1. The third kappa shape index (κ3) is 3.87. The summed E-state index contributed by atoms with van der Waals surface area (Å²) in [5.74, 6) is 1.30. The number of hydrogen-bond acceptors (Lipinski definition) is 4. The van der Waals surface area contributed by atoms with Gasteiger partial charge in [-0.15, -0.1) is 0 Å². The molecule has 0 fully saturated rings. The molecule has 5 heteroatoms. The quantitative estimate of drug-likeness (QED) is 0.480. The third-order valence-corrected chi connectivity index (χ3v) is 5.12. The number of para-hydroxylation sites is 1. The minimum Gasteiger partial charge on any atom is -0.496 e. The summed E-state index contributed by atoms with van der Waals surface area (Å²) in [6.45, 7) is 2.38. The minimum absolute atomic E-state index is 0.0765. The molecular weight excluding hydrogens is 374 g/mol. The number of pyridine rings is 1. The van der Waals surface area contributed by atoms with Gasteiger partial charge in [-0.05, 0) is 37.1 Å². The van der Waals surface area contributed by atoms with Crippen molar-refractivity contribution in [3.63, 3.8) is 0 Å². The Bertz CT molecular complexity index is 1200. The minimum atomic E-state index is -0.0765. The molecule has 4 aromatic rings. The summed E-state index contributed by atoms with van der Waals surface area (Å²) < 4.78 is 7.30. The summed E-state index contributed by atoms with van der Waals surface area (Å²) in [5.41, 5.74) is 3.91. The molecule has 0 radical (unpaired) electrons. The van der Waals surface area contributed by atoms with Gasteiger partial charge < -0.3 is 4.74 Å². The van der Waals surface area contributed by atoms with Gasteiger partial charge in [-0.2, -0.15) is 0 Å². The van der Waals surface area contributed by atoms with Crippen LogP contribution in [0, 0.1) is 6.92 Å². The van der Waals surface area contributed by atoms with Crippen molar-refractivity contribution in [2.75, 3.05) is 7.11 Å². The smallest absolute Gasteiger partial charge is 0.261 e.